The molecular weight excluding hydrogens is 295 g/mol. The van der Waals surface area contributed by atoms with E-state index in [1.54, 1.807) is 4.90 Å². The van der Waals surface area contributed by atoms with Crippen molar-refractivity contribution in [2.75, 3.05) is 31.1 Å². The minimum atomic E-state index is -4.43. The molecule has 8 heteroatoms. The van der Waals surface area contributed by atoms with Gasteiger partial charge in [0.1, 0.15) is 0 Å². The normalized spacial score (nSPS) is 16.5. The first-order valence-corrected chi connectivity index (χ1v) is 6.28. The molecule has 0 bridgehead atoms. The van der Waals surface area contributed by atoms with Gasteiger partial charge in [-0.05, 0) is 18.2 Å². The molecule has 1 aromatic carbocycles. The Bertz CT molecular complexity index is 510. The molecular formula is C13H13F5N2O. The van der Waals surface area contributed by atoms with Crippen LogP contribution in [0.15, 0.2) is 24.3 Å². The standard InChI is InChI=1S/C13H13F5N2O/c14-11(15)12(21)20-6-4-19(5-7-20)10-3-1-2-9(8-10)13(16,17)18/h1-3,8,11H,4-7H2. The molecule has 116 valence electrons. The van der Waals surface area contributed by atoms with Gasteiger partial charge in [0.25, 0.3) is 5.91 Å². The summed E-state index contributed by atoms with van der Waals surface area (Å²) >= 11 is 0. The summed E-state index contributed by atoms with van der Waals surface area (Å²) in [5, 5.41) is 0. The predicted octanol–water partition coefficient (Wildman–Crippen LogP) is 2.62. The molecule has 0 aromatic heterocycles. The molecule has 0 aliphatic carbocycles. The highest BCUT2D eigenvalue weighted by Gasteiger charge is 2.31. The highest BCUT2D eigenvalue weighted by Crippen LogP contribution is 2.31. The molecule has 2 rings (SSSR count). The molecule has 1 heterocycles. The molecule has 3 nitrogen and oxygen atoms in total. The van der Waals surface area contributed by atoms with Crippen LogP contribution in [-0.2, 0) is 11.0 Å². The number of rotatable bonds is 2. The van der Waals surface area contributed by atoms with Gasteiger partial charge in [-0.1, -0.05) is 6.07 Å². The summed E-state index contributed by atoms with van der Waals surface area (Å²) in [5.41, 5.74) is -0.389. The lowest BCUT2D eigenvalue weighted by molar-refractivity contribution is -0.143. The second-order valence-electron chi connectivity index (χ2n) is 4.66. The van der Waals surface area contributed by atoms with Crippen molar-refractivity contribution in [3.8, 4) is 0 Å². The van der Waals surface area contributed by atoms with Crippen LogP contribution in [0, 0.1) is 0 Å². The van der Waals surface area contributed by atoms with Crippen LogP contribution in [0.5, 0.6) is 0 Å². The van der Waals surface area contributed by atoms with E-state index in [9.17, 15) is 26.7 Å². The summed E-state index contributed by atoms with van der Waals surface area (Å²) in [6.45, 7) is 0.582. The van der Waals surface area contributed by atoms with Crippen molar-refractivity contribution < 1.29 is 26.7 Å². The Labute approximate surface area is 117 Å². The van der Waals surface area contributed by atoms with E-state index in [2.05, 4.69) is 0 Å². The summed E-state index contributed by atoms with van der Waals surface area (Å²) in [6.07, 6.45) is -7.48. The average molecular weight is 308 g/mol. The van der Waals surface area contributed by atoms with Gasteiger partial charge in [-0.2, -0.15) is 22.0 Å². The Kier molecular flexibility index (Phi) is 4.34. The molecule has 1 aliphatic heterocycles. The second-order valence-corrected chi connectivity index (χ2v) is 4.66. The minimum absolute atomic E-state index is 0.0689. The predicted molar refractivity (Wildman–Crippen MR) is 66.2 cm³/mol. The van der Waals surface area contributed by atoms with Crippen LogP contribution in [0.2, 0.25) is 0 Å². The van der Waals surface area contributed by atoms with Gasteiger partial charge in [-0.3, -0.25) is 4.79 Å². The van der Waals surface area contributed by atoms with Crippen molar-refractivity contribution in [1.82, 2.24) is 4.90 Å². The third-order valence-corrected chi connectivity index (χ3v) is 3.32. The van der Waals surface area contributed by atoms with E-state index in [0.29, 0.717) is 5.69 Å². The number of anilines is 1. The van der Waals surface area contributed by atoms with E-state index in [0.717, 1.165) is 17.0 Å². The average Bonchev–Trinajstić information content (AvgIpc) is 2.46. The lowest BCUT2D eigenvalue weighted by atomic mass is 10.1. The Morgan fingerprint density at radius 3 is 2.24 bits per heavy atom. The fourth-order valence-electron chi connectivity index (χ4n) is 2.20. The number of amides is 1. The Morgan fingerprint density at radius 2 is 1.71 bits per heavy atom. The summed E-state index contributed by atoms with van der Waals surface area (Å²) < 4.78 is 62.5. The smallest absolute Gasteiger partial charge is 0.368 e. The molecule has 0 saturated carbocycles. The van der Waals surface area contributed by atoms with E-state index in [-0.39, 0.29) is 26.2 Å². The zero-order chi connectivity index (χ0) is 15.6. The number of halogens is 5. The zero-order valence-electron chi connectivity index (χ0n) is 10.9. The van der Waals surface area contributed by atoms with Crippen molar-refractivity contribution in [1.29, 1.82) is 0 Å². The molecule has 0 atom stereocenters. The van der Waals surface area contributed by atoms with E-state index >= 15 is 0 Å². The highest BCUT2D eigenvalue weighted by atomic mass is 19.4. The van der Waals surface area contributed by atoms with Crippen LogP contribution in [0.3, 0.4) is 0 Å². The molecule has 1 aliphatic rings. The molecule has 1 fully saturated rings. The van der Waals surface area contributed by atoms with Crippen molar-refractivity contribution in [2.24, 2.45) is 0 Å². The van der Waals surface area contributed by atoms with E-state index in [4.69, 9.17) is 0 Å². The maximum atomic E-state index is 12.6. The van der Waals surface area contributed by atoms with Crippen LogP contribution >= 0.6 is 0 Å². The topological polar surface area (TPSA) is 23.6 Å². The van der Waals surface area contributed by atoms with Gasteiger partial charge in [-0.25, -0.2) is 0 Å². The molecule has 1 saturated heterocycles. The molecule has 0 N–H and O–H groups in total. The SMILES string of the molecule is O=C(C(F)F)N1CCN(c2cccc(C(F)(F)F)c2)CC1. The molecule has 0 spiro atoms. The number of nitrogens with zero attached hydrogens (tertiary/aromatic N) is 2. The van der Waals surface area contributed by atoms with Gasteiger partial charge < -0.3 is 9.80 Å². The summed E-state index contributed by atoms with van der Waals surface area (Å²) in [6, 6.07) is 4.82. The van der Waals surface area contributed by atoms with Crippen molar-refractivity contribution in [3.05, 3.63) is 29.8 Å². The fourth-order valence-corrected chi connectivity index (χ4v) is 2.20. The first kappa shape index (κ1) is 15.5. The summed E-state index contributed by atoms with van der Waals surface area (Å²) in [4.78, 5) is 13.8. The monoisotopic (exact) mass is 308 g/mol. The third kappa shape index (κ3) is 3.62. The quantitative estimate of drug-likeness (QED) is 0.784. The first-order valence-electron chi connectivity index (χ1n) is 6.28. The highest BCUT2D eigenvalue weighted by molar-refractivity contribution is 5.79. The van der Waals surface area contributed by atoms with Gasteiger partial charge in [0.2, 0.25) is 0 Å². The number of piperazine rings is 1. The maximum Gasteiger partial charge on any atom is 0.416 e. The van der Waals surface area contributed by atoms with Gasteiger partial charge in [0, 0.05) is 31.9 Å². The molecule has 0 unspecified atom stereocenters. The van der Waals surface area contributed by atoms with Crippen LogP contribution in [0.25, 0.3) is 0 Å². The van der Waals surface area contributed by atoms with Crippen LogP contribution < -0.4 is 4.90 Å². The summed E-state index contributed by atoms with van der Waals surface area (Å²) in [7, 11) is 0. The van der Waals surface area contributed by atoms with Gasteiger partial charge in [0.05, 0.1) is 5.56 Å². The van der Waals surface area contributed by atoms with Crippen LogP contribution in [-0.4, -0.2) is 43.4 Å². The Morgan fingerprint density at radius 1 is 1.10 bits per heavy atom. The fraction of sp³-hybridized carbons (Fsp3) is 0.462. The van der Waals surface area contributed by atoms with E-state index in [1.807, 2.05) is 0 Å². The third-order valence-electron chi connectivity index (χ3n) is 3.32. The lowest BCUT2D eigenvalue weighted by Gasteiger charge is -2.36. The Hall–Kier alpha value is -1.86. The zero-order valence-corrected chi connectivity index (χ0v) is 10.9. The molecule has 1 aromatic rings. The number of alkyl halides is 5. The van der Waals surface area contributed by atoms with Crippen molar-refractivity contribution in [3.63, 3.8) is 0 Å². The number of carbonyl (C=O) groups is 1. The molecule has 1 amide bonds. The lowest BCUT2D eigenvalue weighted by Crippen LogP contribution is -2.50. The molecule has 21 heavy (non-hydrogen) atoms. The number of carbonyl (C=O) groups excluding carboxylic acids is 1. The number of hydrogen-bond acceptors (Lipinski definition) is 2. The van der Waals surface area contributed by atoms with E-state index in [1.165, 1.54) is 12.1 Å². The van der Waals surface area contributed by atoms with Crippen LogP contribution in [0.1, 0.15) is 5.56 Å². The van der Waals surface area contributed by atoms with Crippen molar-refractivity contribution in [2.45, 2.75) is 12.6 Å². The summed E-state index contributed by atoms with van der Waals surface area (Å²) in [5.74, 6) is -1.24. The first-order chi connectivity index (χ1) is 9.79. The Balaban J connectivity index is 2.04. The van der Waals surface area contributed by atoms with Gasteiger partial charge >= 0.3 is 12.6 Å². The minimum Gasteiger partial charge on any atom is -0.368 e. The molecule has 0 radical (unpaired) electrons. The number of benzene rings is 1. The second kappa shape index (κ2) is 5.87. The van der Waals surface area contributed by atoms with Gasteiger partial charge in [0.15, 0.2) is 0 Å². The van der Waals surface area contributed by atoms with Crippen molar-refractivity contribution >= 4 is 11.6 Å². The number of hydrogen-bond donors (Lipinski definition) is 0. The van der Waals surface area contributed by atoms with Crippen LogP contribution in [0.4, 0.5) is 27.6 Å². The van der Waals surface area contributed by atoms with Gasteiger partial charge in [-0.15, -0.1) is 0 Å². The van der Waals surface area contributed by atoms with E-state index < -0.39 is 24.1 Å². The maximum absolute atomic E-state index is 12.6. The largest absolute Gasteiger partial charge is 0.416 e.